The van der Waals surface area contributed by atoms with E-state index in [2.05, 4.69) is 20.7 Å². The number of carbonyl (C=O) groups is 2. The molecule has 0 heterocycles. The minimum absolute atomic E-state index is 0.0244. The first-order valence-electron chi connectivity index (χ1n) is 5.88. The Balaban J connectivity index is 2.84. The lowest BCUT2D eigenvalue weighted by molar-refractivity contribution is -0.128. The van der Waals surface area contributed by atoms with E-state index in [4.69, 9.17) is 5.11 Å². The highest BCUT2D eigenvalue weighted by atomic mass is 79.9. The molecule has 2 N–H and O–H groups in total. The molecule has 0 saturated carbocycles. The molecule has 0 aliphatic rings. The second-order valence-electron chi connectivity index (χ2n) is 4.39. The van der Waals surface area contributed by atoms with Gasteiger partial charge in [0.15, 0.2) is 0 Å². The van der Waals surface area contributed by atoms with Gasteiger partial charge in [-0.15, -0.1) is 0 Å². The minimum Gasteiger partial charge on any atom is -0.478 e. The maximum absolute atomic E-state index is 12.1. The van der Waals surface area contributed by atoms with Gasteiger partial charge in [0, 0.05) is 31.5 Å². The van der Waals surface area contributed by atoms with Crippen molar-refractivity contribution in [1.82, 2.24) is 9.62 Å². The molecule has 0 radical (unpaired) electrons. The summed E-state index contributed by atoms with van der Waals surface area (Å²) in [5.74, 6) is -1.35. The van der Waals surface area contributed by atoms with Crippen LogP contribution in [0.3, 0.4) is 0 Å². The van der Waals surface area contributed by atoms with Gasteiger partial charge in [-0.25, -0.2) is 17.9 Å². The Morgan fingerprint density at radius 3 is 2.43 bits per heavy atom. The summed E-state index contributed by atoms with van der Waals surface area (Å²) in [6.45, 7) is -0.0352. The van der Waals surface area contributed by atoms with Gasteiger partial charge in [0.25, 0.3) is 0 Å². The predicted octanol–water partition coefficient (Wildman–Crippen LogP) is 0.904. The van der Waals surface area contributed by atoms with E-state index in [1.165, 1.54) is 23.1 Å². The Labute approximate surface area is 131 Å². The third-order valence-corrected chi connectivity index (χ3v) is 5.04. The molecular formula is C12H15BrN2O5S. The van der Waals surface area contributed by atoms with Crippen molar-refractivity contribution >= 4 is 37.8 Å². The first-order valence-corrected chi connectivity index (χ1v) is 8.15. The summed E-state index contributed by atoms with van der Waals surface area (Å²) in [7, 11) is -0.653. The van der Waals surface area contributed by atoms with Crippen molar-refractivity contribution in [3.8, 4) is 0 Å². The maximum Gasteiger partial charge on any atom is 0.335 e. The predicted molar refractivity (Wildman–Crippen MR) is 79.6 cm³/mol. The van der Waals surface area contributed by atoms with Crippen molar-refractivity contribution in [3.05, 3.63) is 28.2 Å². The van der Waals surface area contributed by atoms with E-state index in [9.17, 15) is 18.0 Å². The van der Waals surface area contributed by atoms with Gasteiger partial charge < -0.3 is 10.0 Å². The molecule has 0 aliphatic carbocycles. The van der Waals surface area contributed by atoms with Crippen LogP contribution in [0.15, 0.2) is 27.6 Å². The fourth-order valence-corrected chi connectivity index (χ4v) is 3.55. The summed E-state index contributed by atoms with van der Waals surface area (Å²) in [6, 6.07) is 3.61. The molecule has 0 unspecified atom stereocenters. The molecule has 1 amide bonds. The zero-order valence-electron chi connectivity index (χ0n) is 11.5. The smallest absolute Gasteiger partial charge is 0.335 e. The topological polar surface area (TPSA) is 104 Å². The van der Waals surface area contributed by atoms with Gasteiger partial charge in [-0.2, -0.15) is 0 Å². The Kier molecular flexibility index (Phi) is 5.87. The van der Waals surface area contributed by atoms with Gasteiger partial charge in [-0.05, 0) is 34.1 Å². The summed E-state index contributed by atoms with van der Waals surface area (Å²) in [5, 5.41) is 8.83. The zero-order chi connectivity index (χ0) is 16.2. The molecule has 1 rings (SSSR count). The van der Waals surface area contributed by atoms with E-state index in [-0.39, 0.29) is 33.8 Å². The molecule has 0 fully saturated rings. The van der Waals surface area contributed by atoms with Crippen LogP contribution in [0.25, 0.3) is 0 Å². The third-order valence-electron chi connectivity index (χ3n) is 2.60. The first kappa shape index (κ1) is 17.6. The monoisotopic (exact) mass is 378 g/mol. The number of halogens is 1. The molecule has 9 heteroatoms. The van der Waals surface area contributed by atoms with Crippen LogP contribution in [0.4, 0.5) is 0 Å². The summed E-state index contributed by atoms with van der Waals surface area (Å²) >= 11 is 3.04. The van der Waals surface area contributed by atoms with Gasteiger partial charge in [0.1, 0.15) is 0 Å². The van der Waals surface area contributed by atoms with Crippen molar-refractivity contribution in [2.45, 2.75) is 11.3 Å². The SMILES string of the molecule is CN(C)C(=O)CCNS(=O)(=O)c1ccc(C(=O)O)cc1Br. The number of carbonyl (C=O) groups excluding carboxylic acids is 1. The molecular weight excluding hydrogens is 364 g/mol. The Hall–Kier alpha value is -1.45. The molecule has 7 nitrogen and oxygen atoms in total. The lowest BCUT2D eigenvalue weighted by Crippen LogP contribution is -2.30. The maximum atomic E-state index is 12.1. The lowest BCUT2D eigenvalue weighted by atomic mass is 10.2. The number of sulfonamides is 1. The van der Waals surface area contributed by atoms with E-state index < -0.39 is 16.0 Å². The van der Waals surface area contributed by atoms with Crippen LogP contribution >= 0.6 is 15.9 Å². The highest BCUT2D eigenvalue weighted by molar-refractivity contribution is 9.10. The normalized spacial score (nSPS) is 11.2. The van der Waals surface area contributed by atoms with E-state index in [1.807, 2.05) is 0 Å². The largest absolute Gasteiger partial charge is 0.478 e. The number of amides is 1. The molecule has 0 atom stereocenters. The molecule has 1 aromatic carbocycles. The van der Waals surface area contributed by atoms with Crippen molar-refractivity contribution in [2.24, 2.45) is 0 Å². The number of carboxylic acids is 1. The van der Waals surface area contributed by atoms with Crippen LogP contribution in [0, 0.1) is 0 Å². The molecule has 21 heavy (non-hydrogen) atoms. The number of aromatic carboxylic acids is 1. The van der Waals surface area contributed by atoms with Crippen molar-refractivity contribution in [2.75, 3.05) is 20.6 Å². The second-order valence-corrected chi connectivity index (χ2v) is 6.98. The van der Waals surface area contributed by atoms with Gasteiger partial charge in [0.2, 0.25) is 15.9 Å². The van der Waals surface area contributed by atoms with E-state index in [0.717, 1.165) is 0 Å². The van der Waals surface area contributed by atoms with Gasteiger partial charge in [0.05, 0.1) is 10.5 Å². The van der Waals surface area contributed by atoms with Crippen LogP contribution in [0.1, 0.15) is 16.8 Å². The average molecular weight is 379 g/mol. The number of hydrogen-bond acceptors (Lipinski definition) is 4. The number of hydrogen-bond donors (Lipinski definition) is 2. The molecule has 0 spiro atoms. The Morgan fingerprint density at radius 1 is 1.33 bits per heavy atom. The summed E-state index contributed by atoms with van der Waals surface area (Å²) in [5.41, 5.74) is -0.0244. The summed E-state index contributed by atoms with van der Waals surface area (Å²) in [4.78, 5) is 23.5. The standard InChI is InChI=1S/C12H15BrN2O5S/c1-15(2)11(16)5-6-14-21(19,20)10-4-3-8(12(17)18)7-9(10)13/h3-4,7,14H,5-6H2,1-2H3,(H,17,18). The summed E-state index contributed by atoms with van der Waals surface area (Å²) in [6.07, 6.45) is 0.0387. The molecule has 0 aliphatic heterocycles. The molecule has 1 aromatic rings. The van der Waals surface area contributed by atoms with E-state index >= 15 is 0 Å². The quantitative estimate of drug-likeness (QED) is 0.765. The zero-order valence-corrected chi connectivity index (χ0v) is 13.9. The van der Waals surface area contributed by atoms with Gasteiger partial charge in [-0.1, -0.05) is 0 Å². The fourth-order valence-electron chi connectivity index (χ4n) is 1.45. The minimum atomic E-state index is -3.82. The number of nitrogens with one attached hydrogen (secondary N) is 1. The molecule has 116 valence electrons. The molecule has 0 saturated heterocycles. The van der Waals surface area contributed by atoms with Crippen LogP contribution < -0.4 is 4.72 Å². The van der Waals surface area contributed by atoms with Crippen LogP contribution in [-0.2, 0) is 14.8 Å². The first-order chi connectivity index (χ1) is 9.65. The molecule has 0 bridgehead atoms. The van der Waals surface area contributed by atoms with Crippen molar-refractivity contribution in [1.29, 1.82) is 0 Å². The van der Waals surface area contributed by atoms with E-state index in [0.29, 0.717) is 0 Å². The fraction of sp³-hybridized carbons (Fsp3) is 0.333. The van der Waals surface area contributed by atoms with Crippen LogP contribution in [-0.4, -0.2) is 50.9 Å². The van der Waals surface area contributed by atoms with Gasteiger partial charge in [-0.3, -0.25) is 4.79 Å². The number of nitrogens with zero attached hydrogens (tertiary/aromatic N) is 1. The van der Waals surface area contributed by atoms with Crippen LogP contribution in [0.5, 0.6) is 0 Å². The third kappa shape index (κ3) is 4.80. The van der Waals surface area contributed by atoms with Crippen molar-refractivity contribution < 1.29 is 23.1 Å². The summed E-state index contributed by atoms with van der Waals surface area (Å²) < 4.78 is 26.6. The van der Waals surface area contributed by atoms with E-state index in [1.54, 1.807) is 14.1 Å². The van der Waals surface area contributed by atoms with Crippen molar-refractivity contribution in [3.63, 3.8) is 0 Å². The van der Waals surface area contributed by atoms with Gasteiger partial charge >= 0.3 is 5.97 Å². The average Bonchev–Trinajstić information content (AvgIpc) is 2.37. The Morgan fingerprint density at radius 2 is 1.95 bits per heavy atom. The number of rotatable bonds is 6. The lowest BCUT2D eigenvalue weighted by Gasteiger charge is -2.11. The Bertz CT molecular complexity index is 658. The van der Waals surface area contributed by atoms with Crippen LogP contribution in [0.2, 0.25) is 0 Å². The molecule has 0 aromatic heterocycles. The number of benzene rings is 1. The highest BCUT2D eigenvalue weighted by Gasteiger charge is 2.19. The second kappa shape index (κ2) is 7.01. The number of carboxylic acid groups (broad SMARTS) is 1. The highest BCUT2D eigenvalue weighted by Crippen LogP contribution is 2.23.